The number of hydrogen-bond donors (Lipinski definition) is 2. The average molecular weight is 543 g/mol. The van der Waals surface area contributed by atoms with Crippen LogP contribution in [0.25, 0.3) is 17.3 Å². The van der Waals surface area contributed by atoms with Crippen molar-refractivity contribution < 1.29 is 33.0 Å². The maximum Gasteiger partial charge on any atom is 0.371 e. The number of nitrogens with one attached hydrogen (secondary N) is 1. The Balaban J connectivity index is 1.51. The average Bonchev–Trinajstić information content (AvgIpc) is 3.31. The summed E-state index contributed by atoms with van der Waals surface area (Å²) in [6.45, 7) is 3.58. The number of aliphatic carboxylic acids is 1. The second-order valence-electron chi connectivity index (χ2n) is 8.78. The Morgan fingerprint density at radius 2 is 1.95 bits per heavy atom. The van der Waals surface area contributed by atoms with Crippen LogP contribution in [-0.4, -0.2) is 42.3 Å². The van der Waals surface area contributed by atoms with Gasteiger partial charge >= 0.3 is 5.97 Å². The molecule has 0 unspecified atom stereocenters. The fourth-order valence-electron chi connectivity index (χ4n) is 4.38. The number of anilines is 1. The van der Waals surface area contributed by atoms with Gasteiger partial charge in [-0.25, -0.2) is 18.6 Å². The molecule has 200 valence electrons. The zero-order valence-electron chi connectivity index (χ0n) is 21.1. The molecule has 1 aromatic heterocycles. The number of aryl methyl sites for hydroxylation is 2. The first-order valence-corrected chi connectivity index (χ1v) is 13.1. The highest BCUT2D eigenvalue weighted by atomic mass is 32.1. The van der Waals surface area contributed by atoms with E-state index in [1.165, 1.54) is 22.5 Å². The number of rotatable bonds is 11. The Kier molecular flexibility index (Phi) is 8.85. The molecule has 38 heavy (non-hydrogen) atoms. The maximum atomic E-state index is 14.6. The van der Waals surface area contributed by atoms with Crippen LogP contribution in [0.5, 0.6) is 0 Å². The van der Waals surface area contributed by atoms with E-state index in [1.807, 2.05) is 12.1 Å². The summed E-state index contributed by atoms with van der Waals surface area (Å²) >= 11 is 1.34. The summed E-state index contributed by atoms with van der Waals surface area (Å²) in [5.41, 5.74) is 3.50. The summed E-state index contributed by atoms with van der Waals surface area (Å²) in [5, 5.41) is 12.0. The number of amides is 1. The maximum absolute atomic E-state index is 14.6. The minimum Gasteiger partial charge on any atom is -0.490 e. The molecule has 3 aromatic rings. The van der Waals surface area contributed by atoms with Gasteiger partial charge in [0.15, 0.2) is 5.13 Å². The molecule has 1 aliphatic carbocycles. The van der Waals surface area contributed by atoms with E-state index in [2.05, 4.69) is 28.0 Å². The number of benzene rings is 2. The van der Waals surface area contributed by atoms with Gasteiger partial charge in [-0.1, -0.05) is 25.1 Å². The van der Waals surface area contributed by atoms with E-state index < -0.39 is 34.8 Å². The number of hydrogen-bond acceptors (Lipinski definition) is 6. The van der Waals surface area contributed by atoms with Crippen LogP contribution in [0.2, 0.25) is 0 Å². The lowest BCUT2D eigenvalue weighted by atomic mass is 9.88. The lowest BCUT2D eigenvalue weighted by Gasteiger charge is -2.18. The van der Waals surface area contributed by atoms with E-state index >= 15 is 0 Å². The largest absolute Gasteiger partial charge is 0.490 e. The molecule has 0 spiro atoms. The molecule has 0 saturated carbocycles. The van der Waals surface area contributed by atoms with Gasteiger partial charge in [-0.15, -0.1) is 11.3 Å². The Morgan fingerprint density at radius 1 is 1.18 bits per heavy atom. The monoisotopic (exact) mass is 542 g/mol. The summed E-state index contributed by atoms with van der Waals surface area (Å²) in [6, 6.07) is 7.86. The molecule has 0 bridgehead atoms. The zero-order valence-corrected chi connectivity index (χ0v) is 21.9. The Labute approximate surface area is 223 Å². The quantitative estimate of drug-likeness (QED) is 0.179. The lowest BCUT2D eigenvalue weighted by molar-refractivity contribution is -0.135. The van der Waals surface area contributed by atoms with Crippen LogP contribution in [0, 0.1) is 11.6 Å². The molecule has 0 saturated heterocycles. The van der Waals surface area contributed by atoms with Crippen molar-refractivity contribution in [3.63, 3.8) is 0 Å². The van der Waals surface area contributed by atoms with Crippen molar-refractivity contribution in [3.8, 4) is 11.3 Å². The number of carboxylic acid groups (broad SMARTS) is 1. The summed E-state index contributed by atoms with van der Waals surface area (Å²) in [4.78, 5) is 29.6. The van der Waals surface area contributed by atoms with Gasteiger partial charge < -0.3 is 14.6 Å². The number of nitrogens with zero attached hydrogens (tertiary/aromatic N) is 1. The number of ether oxygens (including phenoxy) is 2. The smallest absolute Gasteiger partial charge is 0.371 e. The molecule has 7 nitrogen and oxygen atoms in total. The predicted molar refractivity (Wildman–Crippen MR) is 141 cm³/mol. The van der Waals surface area contributed by atoms with Gasteiger partial charge in [0, 0.05) is 40.9 Å². The molecule has 0 radical (unpaired) electrons. The first-order valence-electron chi connectivity index (χ1n) is 12.3. The van der Waals surface area contributed by atoms with E-state index in [1.54, 1.807) is 0 Å². The summed E-state index contributed by atoms with van der Waals surface area (Å²) in [5.74, 6) is -5.02. The molecule has 2 aromatic carbocycles. The molecule has 0 atom stereocenters. The van der Waals surface area contributed by atoms with Crippen molar-refractivity contribution in [2.75, 3.05) is 25.6 Å². The van der Waals surface area contributed by atoms with Gasteiger partial charge in [-0.3, -0.25) is 10.1 Å². The molecular formula is C28H28F2N2O5S. The normalized spacial score (nSPS) is 12.6. The standard InChI is InChI=1S/C28H28F2N2O5S/c1-3-11-37-12-5-7-16-6-4-8-19-18(16)9-10-24-25(19)31-28(38-24)32-26(33)17-13-21(29)20(22(30)14-17)15-23(36-2)27(34)35/h4,6,8,13-15H,3,5,7,9-12H2,1-2H3,(H,34,35)(H,31,32,33). The van der Waals surface area contributed by atoms with Crippen LogP contribution in [0.3, 0.4) is 0 Å². The Morgan fingerprint density at radius 3 is 2.63 bits per heavy atom. The van der Waals surface area contributed by atoms with Crippen molar-refractivity contribution in [3.05, 3.63) is 74.9 Å². The fourth-order valence-corrected chi connectivity index (χ4v) is 5.35. The summed E-state index contributed by atoms with van der Waals surface area (Å²) in [7, 11) is 1.08. The van der Waals surface area contributed by atoms with Gasteiger partial charge in [0.05, 0.1) is 12.8 Å². The molecule has 1 aliphatic rings. The van der Waals surface area contributed by atoms with E-state index in [0.29, 0.717) is 5.13 Å². The van der Waals surface area contributed by atoms with Gasteiger partial charge in [-0.05, 0) is 55.4 Å². The van der Waals surface area contributed by atoms with Crippen molar-refractivity contribution >= 4 is 34.4 Å². The van der Waals surface area contributed by atoms with Crippen molar-refractivity contribution in [1.29, 1.82) is 0 Å². The van der Waals surface area contributed by atoms with Crippen LogP contribution in [0.15, 0.2) is 36.1 Å². The first kappa shape index (κ1) is 27.4. The van der Waals surface area contributed by atoms with Gasteiger partial charge in [0.2, 0.25) is 5.76 Å². The number of thiazole rings is 1. The Bertz CT molecular complexity index is 1360. The van der Waals surface area contributed by atoms with Crippen LogP contribution in [-0.2, 0) is 33.5 Å². The van der Waals surface area contributed by atoms with E-state index in [9.17, 15) is 18.4 Å². The predicted octanol–water partition coefficient (Wildman–Crippen LogP) is 5.87. The molecule has 10 heteroatoms. The van der Waals surface area contributed by atoms with Gasteiger partial charge in [0.1, 0.15) is 11.6 Å². The fraction of sp³-hybridized carbons (Fsp3) is 0.321. The second-order valence-corrected chi connectivity index (χ2v) is 9.86. The minimum atomic E-state index is -1.48. The third-order valence-electron chi connectivity index (χ3n) is 6.18. The highest BCUT2D eigenvalue weighted by Crippen LogP contribution is 2.39. The number of carbonyl (C=O) groups is 2. The van der Waals surface area contributed by atoms with E-state index in [-0.39, 0.29) is 5.56 Å². The highest BCUT2D eigenvalue weighted by Gasteiger charge is 2.24. The summed E-state index contributed by atoms with van der Waals surface area (Å²) < 4.78 is 39.4. The van der Waals surface area contributed by atoms with Crippen LogP contribution in [0.4, 0.5) is 13.9 Å². The number of carbonyl (C=O) groups excluding carboxylic acids is 1. The molecule has 4 rings (SSSR count). The van der Waals surface area contributed by atoms with E-state index in [4.69, 9.17) is 9.84 Å². The SMILES string of the molecule is CCCOCCCc1cccc2c1CCc1sc(NC(=O)c3cc(F)c(C=C(OC)C(=O)O)c(F)c3)nc1-2. The molecule has 0 aliphatic heterocycles. The molecule has 2 N–H and O–H groups in total. The Hall–Kier alpha value is -3.63. The second kappa shape index (κ2) is 12.3. The van der Waals surface area contributed by atoms with Crippen LogP contribution < -0.4 is 5.32 Å². The number of carboxylic acids is 1. The summed E-state index contributed by atoms with van der Waals surface area (Å²) in [6.07, 6.45) is 5.24. The van der Waals surface area contributed by atoms with Gasteiger partial charge in [-0.2, -0.15) is 0 Å². The molecule has 1 heterocycles. The molecule has 0 fully saturated rings. The first-order chi connectivity index (χ1) is 18.3. The highest BCUT2D eigenvalue weighted by molar-refractivity contribution is 7.16. The zero-order chi connectivity index (χ0) is 27.2. The van der Waals surface area contributed by atoms with E-state index in [0.717, 1.165) is 86.8 Å². The van der Waals surface area contributed by atoms with Crippen LogP contribution >= 0.6 is 11.3 Å². The third-order valence-corrected chi connectivity index (χ3v) is 7.21. The number of halogens is 2. The number of fused-ring (bicyclic) bond motifs is 3. The third kappa shape index (κ3) is 6.08. The molecular weight excluding hydrogens is 514 g/mol. The lowest BCUT2D eigenvalue weighted by Crippen LogP contribution is -2.13. The topological polar surface area (TPSA) is 97.8 Å². The minimum absolute atomic E-state index is 0.257. The molecule has 1 amide bonds. The van der Waals surface area contributed by atoms with Crippen molar-refractivity contribution in [2.45, 2.75) is 39.0 Å². The van der Waals surface area contributed by atoms with Crippen molar-refractivity contribution in [1.82, 2.24) is 4.98 Å². The van der Waals surface area contributed by atoms with Gasteiger partial charge in [0.25, 0.3) is 5.91 Å². The number of aromatic nitrogens is 1. The van der Waals surface area contributed by atoms with Crippen LogP contribution in [0.1, 0.15) is 51.7 Å². The number of methoxy groups -OCH3 is 1. The van der Waals surface area contributed by atoms with Crippen molar-refractivity contribution in [2.24, 2.45) is 0 Å².